The van der Waals surface area contributed by atoms with Crippen LogP contribution >= 0.6 is 0 Å². The molecule has 0 bridgehead atoms. The van der Waals surface area contributed by atoms with Crippen LogP contribution in [0.2, 0.25) is 0 Å². The van der Waals surface area contributed by atoms with Gasteiger partial charge in [0.2, 0.25) is 0 Å². The second-order valence-corrected chi connectivity index (χ2v) is 5.20. The van der Waals surface area contributed by atoms with Crippen LogP contribution < -0.4 is 0 Å². The summed E-state index contributed by atoms with van der Waals surface area (Å²) in [5.74, 6) is -1.94. The highest BCUT2D eigenvalue weighted by Gasteiger charge is 2.40. The molecule has 5 heteroatoms. The molecule has 0 saturated heterocycles. The quantitative estimate of drug-likeness (QED) is 0.759. The van der Waals surface area contributed by atoms with Gasteiger partial charge >= 0.3 is 11.9 Å². The molecule has 0 aliphatic carbocycles. The number of hydrogen-bond donors (Lipinski definition) is 2. The van der Waals surface area contributed by atoms with Gasteiger partial charge in [0.1, 0.15) is 0 Å². The molecule has 1 rings (SSSR count). The predicted octanol–water partition coefficient (Wildman–Crippen LogP) is 1.83. The maximum atomic E-state index is 11.8. The van der Waals surface area contributed by atoms with Gasteiger partial charge in [-0.3, -0.25) is 9.59 Å². The van der Waals surface area contributed by atoms with E-state index in [4.69, 9.17) is 5.11 Å². The molecule has 2 N–H and O–H groups in total. The van der Waals surface area contributed by atoms with Crippen molar-refractivity contribution < 1.29 is 19.8 Å². The molecule has 0 radical (unpaired) electrons. The first-order valence-corrected chi connectivity index (χ1v) is 6.54. The van der Waals surface area contributed by atoms with Crippen molar-refractivity contribution in [2.45, 2.75) is 24.7 Å². The number of rotatable bonds is 8. The Balaban J connectivity index is 3.12. The van der Waals surface area contributed by atoms with E-state index >= 15 is 0 Å². The summed E-state index contributed by atoms with van der Waals surface area (Å²) in [7, 11) is 3.74. The van der Waals surface area contributed by atoms with Crippen molar-refractivity contribution in [1.29, 1.82) is 0 Å². The number of carboxylic acids is 2. The molecule has 0 saturated carbocycles. The van der Waals surface area contributed by atoms with E-state index in [1.807, 2.05) is 25.1 Å². The predicted molar refractivity (Wildman–Crippen MR) is 75.8 cm³/mol. The van der Waals surface area contributed by atoms with Gasteiger partial charge in [0.25, 0.3) is 0 Å². The normalized spacial score (nSPS) is 13.9. The molecular formula is C15H21NO4. The molecule has 0 fully saturated rings. The molecule has 5 nitrogen and oxygen atoms in total. The fourth-order valence-electron chi connectivity index (χ4n) is 2.24. The van der Waals surface area contributed by atoms with E-state index in [1.54, 1.807) is 24.3 Å². The van der Waals surface area contributed by atoms with E-state index in [1.165, 1.54) is 0 Å². The van der Waals surface area contributed by atoms with E-state index in [9.17, 15) is 14.7 Å². The smallest absolute Gasteiger partial charge is 0.314 e. The standard InChI is InChI=1S/C15H21NO4/c1-16(2)11-10-15(14(19)20,9-8-13(17)18)12-6-4-3-5-7-12/h3-7H,8-11H2,1-2H3,(H,17,18)(H,19,20)/t15-/m1/s1. The molecule has 0 amide bonds. The summed E-state index contributed by atoms with van der Waals surface area (Å²) < 4.78 is 0. The van der Waals surface area contributed by atoms with E-state index in [-0.39, 0.29) is 12.8 Å². The Morgan fingerprint density at radius 1 is 1.10 bits per heavy atom. The van der Waals surface area contributed by atoms with Crippen molar-refractivity contribution in [3.8, 4) is 0 Å². The molecule has 1 aromatic carbocycles. The Morgan fingerprint density at radius 2 is 1.70 bits per heavy atom. The first-order chi connectivity index (χ1) is 9.38. The summed E-state index contributed by atoms with van der Waals surface area (Å²) in [6, 6.07) is 8.89. The second kappa shape index (κ2) is 7.05. The maximum Gasteiger partial charge on any atom is 0.314 e. The van der Waals surface area contributed by atoms with Crippen molar-refractivity contribution in [3.05, 3.63) is 35.9 Å². The summed E-state index contributed by atoms with van der Waals surface area (Å²) in [6.07, 6.45) is 0.316. The van der Waals surface area contributed by atoms with E-state index < -0.39 is 17.4 Å². The fraction of sp³-hybridized carbons (Fsp3) is 0.467. The topological polar surface area (TPSA) is 77.8 Å². The lowest BCUT2D eigenvalue weighted by Crippen LogP contribution is -2.39. The van der Waals surface area contributed by atoms with Gasteiger partial charge in [0.05, 0.1) is 5.41 Å². The van der Waals surface area contributed by atoms with Crippen LogP contribution in [0.5, 0.6) is 0 Å². The first-order valence-electron chi connectivity index (χ1n) is 6.54. The monoisotopic (exact) mass is 279 g/mol. The first kappa shape index (κ1) is 16.2. The molecule has 0 aliphatic heterocycles. The number of nitrogens with zero attached hydrogens (tertiary/aromatic N) is 1. The molecule has 0 heterocycles. The van der Waals surface area contributed by atoms with Gasteiger partial charge < -0.3 is 15.1 Å². The number of carboxylic acid groups (broad SMARTS) is 2. The zero-order valence-corrected chi connectivity index (χ0v) is 11.9. The molecule has 1 aromatic rings. The Kier molecular flexibility index (Phi) is 5.70. The molecular weight excluding hydrogens is 258 g/mol. The van der Waals surface area contributed by atoms with Gasteiger partial charge in [-0.15, -0.1) is 0 Å². The van der Waals surface area contributed by atoms with Crippen LogP contribution in [0.15, 0.2) is 30.3 Å². The average molecular weight is 279 g/mol. The van der Waals surface area contributed by atoms with Crippen LogP contribution in [-0.2, 0) is 15.0 Å². The molecule has 0 aromatic heterocycles. The van der Waals surface area contributed by atoms with Gasteiger partial charge in [-0.05, 0) is 39.0 Å². The number of aliphatic carboxylic acids is 2. The van der Waals surface area contributed by atoms with Gasteiger partial charge in [-0.2, -0.15) is 0 Å². The van der Waals surface area contributed by atoms with Crippen molar-refractivity contribution >= 4 is 11.9 Å². The highest BCUT2D eigenvalue weighted by Crippen LogP contribution is 2.33. The van der Waals surface area contributed by atoms with Crippen molar-refractivity contribution in [2.24, 2.45) is 0 Å². The van der Waals surface area contributed by atoms with Crippen LogP contribution in [0, 0.1) is 0 Å². The Bertz CT molecular complexity index is 458. The van der Waals surface area contributed by atoms with Crippen LogP contribution in [0.4, 0.5) is 0 Å². The van der Waals surface area contributed by atoms with Gasteiger partial charge in [-0.1, -0.05) is 30.3 Å². The van der Waals surface area contributed by atoms with Gasteiger partial charge in [0, 0.05) is 6.42 Å². The highest BCUT2D eigenvalue weighted by molar-refractivity contribution is 5.82. The summed E-state index contributed by atoms with van der Waals surface area (Å²) in [5.41, 5.74) is -0.486. The molecule has 110 valence electrons. The largest absolute Gasteiger partial charge is 0.481 e. The van der Waals surface area contributed by atoms with Crippen molar-refractivity contribution in [3.63, 3.8) is 0 Å². The average Bonchev–Trinajstić information content (AvgIpc) is 2.39. The summed E-state index contributed by atoms with van der Waals surface area (Å²) in [5, 5.41) is 18.6. The molecule has 0 spiro atoms. The third-order valence-corrected chi connectivity index (χ3v) is 3.49. The highest BCUT2D eigenvalue weighted by atomic mass is 16.4. The Labute approximate surface area is 118 Å². The van der Waals surface area contributed by atoms with E-state index in [0.717, 1.165) is 0 Å². The number of benzene rings is 1. The zero-order valence-electron chi connectivity index (χ0n) is 11.9. The van der Waals surface area contributed by atoms with E-state index in [2.05, 4.69) is 0 Å². The second-order valence-electron chi connectivity index (χ2n) is 5.20. The maximum absolute atomic E-state index is 11.8. The molecule has 20 heavy (non-hydrogen) atoms. The summed E-state index contributed by atoms with van der Waals surface area (Å²) in [4.78, 5) is 24.6. The van der Waals surface area contributed by atoms with Crippen LogP contribution in [0.1, 0.15) is 24.8 Å². The Morgan fingerprint density at radius 3 is 2.15 bits per heavy atom. The lowest BCUT2D eigenvalue weighted by molar-refractivity contribution is -0.145. The third-order valence-electron chi connectivity index (χ3n) is 3.49. The fourth-order valence-corrected chi connectivity index (χ4v) is 2.24. The third kappa shape index (κ3) is 4.06. The molecule has 0 aliphatic rings. The molecule has 0 unspecified atom stereocenters. The number of hydrogen-bond acceptors (Lipinski definition) is 3. The SMILES string of the molecule is CN(C)CC[C@@](CCC(=O)O)(C(=O)O)c1ccccc1. The van der Waals surface area contributed by atoms with E-state index in [0.29, 0.717) is 18.5 Å². The lowest BCUT2D eigenvalue weighted by atomic mass is 9.74. The molecule has 1 atom stereocenters. The van der Waals surface area contributed by atoms with Gasteiger partial charge in [-0.25, -0.2) is 0 Å². The summed E-state index contributed by atoms with van der Waals surface area (Å²) in [6.45, 7) is 0.584. The minimum Gasteiger partial charge on any atom is -0.481 e. The van der Waals surface area contributed by atoms with Crippen molar-refractivity contribution in [1.82, 2.24) is 4.90 Å². The van der Waals surface area contributed by atoms with Crippen molar-refractivity contribution in [2.75, 3.05) is 20.6 Å². The van der Waals surface area contributed by atoms with Crippen LogP contribution in [-0.4, -0.2) is 47.7 Å². The van der Waals surface area contributed by atoms with Crippen LogP contribution in [0.3, 0.4) is 0 Å². The Hall–Kier alpha value is -1.88. The summed E-state index contributed by atoms with van der Waals surface area (Å²) >= 11 is 0. The van der Waals surface area contributed by atoms with Gasteiger partial charge in [0.15, 0.2) is 0 Å². The zero-order chi connectivity index (χ0) is 15.2. The van der Waals surface area contributed by atoms with Crippen LogP contribution in [0.25, 0.3) is 0 Å². The minimum absolute atomic E-state index is 0.0928. The lowest BCUT2D eigenvalue weighted by Gasteiger charge is -2.31. The number of carbonyl (C=O) groups is 2. The minimum atomic E-state index is -1.15.